The molecule has 5 rings (SSSR count). The van der Waals surface area contributed by atoms with Crippen LogP contribution in [0.3, 0.4) is 0 Å². The van der Waals surface area contributed by atoms with Crippen molar-refractivity contribution in [3.8, 4) is 0 Å². The highest BCUT2D eigenvalue weighted by molar-refractivity contribution is 6.30. The third-order valence-corrected chi connectivity index (χ3v) is 8.45. The fourth-order valence-electron chi connectivity index (χ4n) is 6.18. The largest absolute Gasteiger partial charge is 0.341 e. The van der Waals surface area contributed by atoms with E-state index in [1.54, 1.807) is 25.7 Å². The zero-order chi connectivity index (χ0) is 25.8. The third-order valence-electron chi connectivity index (χ3n) is 8.22. The van der Waals surface area contributed by atoms with Gasteiger partial charge in [-0.3, -0.25) is 9.59 Å². The minimum Gasteiger partial charge on any atom is -0.341 e. The van der Waals surface area contributed by atoms with E-state index in [2.05, 4.69) is 14.8 Å². The van der Waals surface area contributed by atoms with E-state index in [1.165, 1.54) is 0 Å². The maximum Gasteiger partial charge on any atom is 0.219 e. The van der Waals surface area contributed by atoms with Crippen molar-refractivity contribution >= 4 is 23.3 Å². The van der Waals surface area contributed by atoms with E-state index < -0.39 is 5.67 Å². The molecule has 0 unspecified atom stereocenters. The number of hydrogen-bond donors (Lipinski definition) is 0. The van der Waals surface area contributed by atoms with E-state index in [0.29, 0.717) is 42.9 Å². The fraction of sp³-hybridized carbons (Fsp3) is 0.643. The highest BCUT2D eigenvalue weighted by Gasteiger charge is 2.46. The summed E-state index contributed by atoms with van der Waals surface area (Å²) in [5, 5.41) is 9.95. The summed E-state index contributed by atoms with van der Waals surface area (Å²) in [6.07, 6.45) is 4.91. The third kappa shape index (κ3) is 5.22. The van der Waals surface area contributed by atoms with E-state index in [4.69, 9.17) is 11.6 Å². The van der Waals surface area contributed by atoms with Crippen LogP contribution in [0.5, 0.6) is 0 Å². The van der Waals surface area contributed by atoms with Gasteiger partial charge in [-0.25, -0.2) is 4.39 Å². The zero-order valence-corrected chi connectivity index (χ0v) is 22.4. The van der Waals surface area contributed by atoms with Crippen LogP contribution >= 0.6 is 11.6 Å². The quantitative estimate of drug-likeness (QED) is 0.461. The van der Waals surface area contributed by atoms with Gasteiger partial charge in [0.05, 0.1) is 0 Å². The smallest absolute Gasteiger partial charge is 0.219 e. The molecule has 2 atom stereocenters. The van der Waals surface area contributed by atoms with Crippen LogP contribution in [0.1, 0.15) is 93.5 Å². The summed E-state index contributed by atoms with van der Waals surface area (Å²) in [6, 6.07) is 5.97. The molecule has 1 aromatic heterocycles. The van der Waals surface area contributed by atoms with Crippen LogP contribution in [-0.2, 0) is 16.0 Å². The van der Waals surface area contributed by atoms with Gasteiger partial charge in [0.15, 0.2) is 0 Å². The maximum absolute atomic E-state index is 14.1. The Kier molecular flexibility index (Phi) is 6.73. The monoisotopic (exact) mass is 514 g/mol. The number of halogens is 2. The van der Waals surface area contributed by atoms with Crippen molar-refractivity contribution in [3.05, 3.63) is 46.0 Å². The lowest BCUT2D eigenvalue weighted by atomic mass is 9.70. The first-order valence-corrected chi connectivity index (χ1v) is 13.5. The molecule has 0 radical (unpaired) electrons. The van der Waals surface area contributed by atoms with E-state index in [-0.39, 0.29) is 29.4 Å². The average Bonchev–Trinajstić information content (AvgIpc) is 3.34. The van der Waals surface area contributed by atoms with Crippen molar-refractivity contribution in [2.75, 3.05) is 13.1 Å². The molecule has 1 amide bonds. The minimum absolute atomic E-state index is 0.0219. The average molecular weight is 515 g/mol. The van der Waals surface area contributed by atoms with Crippen molar-refractivity contribution < 1.29 is 14.0 Å². The van der Waals surface area contributed by atoms with Crippen molar-refractivity contribution in [2.45, 2.75) is 89.8 Å². The Hall–Kier alpha value is -2.28. The number of aromatic nitrogens is 3. The lowest BCUT2D eigenvalue weighted by Gasteiger charge is -2.37. The van der Waals surface area contributed by atoms with Gasteiger partial charge < -0.3 is 9.47 Å². The topological polar surface area (TPSA) is 68.1 Å². The van der Waals surface area contributed by atoms with Crippen LogP contribution in [0.4, 0.5) is 4.39 Å². The summed E-state index contributed by atoms with van der Waals surface area (Å²) in [7, 11) is 0. The van der Waals surface area contributed by atoms with Gasteiger partial charge in [0.1, 0.15) is 23.1 Å². The van der Waals surface area contributed by atoms with Crippen molar-refractivity contribution in [2.24, 2.45) is 11.8 Å². The summed E-state index contributed by atoms with van der Waals surface area (Å²) in [5.74, 6) is 2.10. The lowest BCUT2D eigenvalue weighted by molar-refractivity contribution is -0.128. The number of nitrogens with zero attached hydrogens (tertiary/aromatic N) is 4. The molecule has 2 saturated carbocycles. The Morgan fingerprint density at radius 1 is 1.14 bits per heavy atom. The molecule has 3 fully saturated rings. The molecule has 1 saturated heterocycles. The first kappa shape index (κ1) is 25.4. The molecular weight excluding hydrogens is 479 g/mol. The van der Waals surface area contributed by atoms with E-state index in [9.17, 15) is 14.0 Å². The molecule has 0 spiro atoms. The second-order valence-corrected chi connectivity index (χ2v) is 12.3. The summed E-state index contributed by atoms with van der Waals surface area (Å²) in [5.41, 5.74) is 0.805. The van der Waals surface area contributed by atoms with Crippen LogP contribution < -0.4 is 0 Å². The number of likely N-dealkylation sites (tertiary alicyclic amines) is 1. The second kappa shape index (κ2) is 9.55. The molecule has 3 aliphatic rings. The Morgan fingerprint density at radius 2 is 1.83 bits per heavy atom. The number of benzene rings is 1. The SMILES string of the molecule is CC(=O)N1C[C@H](C(=O)Cc2ccc(Cl)cc2C)[C@@H](c2nnc(C3CC(CC(C)(C)F)C3)n2C2CC2)C1. The number of carbonyl (C=O) groups is 2. The summed E-state index contributed by atoms with van der Waals surface area (Å²) < 4.78 is 16.4. The van der Waals surface area contributed by atoms with Gasteiger partial charge in [-0.05, 0) is 82.1 Å². The summed E-state index contributed by atoms with van der Waals surface area (Å²) >= 11 is 6.11. The van der Waals surface area contributed by atoms with Crippen LogP contribution in [0.15, 0.2) is 18.2 Å². The number of rotatable bonds is 8. The second-order valence-electron chi connectivity index (χ2n) is 11.8. The molecule has 6 nitrogen and oxygen atoms in total. The molecule has 0 N–H and O–H groups in total. The molecule has 2 heterocycles. The Bertz CT molecular complexity index is 1160. The van der Waals surface area contributed by atoms with Crippen molar-refractivity contribution in [1.29, 1.82) is 0 Å². The van der Waals surface area contributed by atoms with Gasteiger partial charge in [-0.2, -0.15) is 0 Å². The normalized spacial score (nSPS) is 26.2. The molecule has 2 aliphatic carbocycles. The van der Waals surface area contributed by atoms with Gasteiger partial charge in [-0.15, -0.1) is 10.2 Å². The lowest BCUT2D eigenvalue weighted by Crippen LogP contribution is -2.30. The Balaban J connectivity index is 1.39. The van der Waals surface area contributed by atoms with Crippen LogP contribution in [0.25, 0.3) is 0 Å². The van der Waals surface area contributed by atoms with Crippen molar-refractivity contribution in [1.82, 2.24) is 19.7 Å². The summed E-state index contributed by atoms with van der Waals surface area (Å²) in [4.78, 5) is 27.7. The number of Topliss-reactive ketones (excluding diaryl/α,β-unsaturated/α-hetero) is 1. The molecule has 0 bridgehead atoms. The highest BCUT2D eigenvalue weighted by atomic mass is 35.5. The highest BCUT2D eigenvalue weighted by Crippen LogP contribution is 2.49. The van der Waals surface area contributed by atoms with Crippen LogP contribution in [0, 0.1) is 18.8 Å². The number of amides is 1. The van der Waals surface area contributed by atoms with E-state index in [0.717, 1.165) is 48.5 Å². The molecule has 2 aromatic rings. The Morgan fingerprint density at radius 3 is 2.44 bits per heavy atom. The van der Waals surface area contributed by atoms with Gasteiger partial charge in [-0.1, -0.05) is 17.7 Å². The minimum atomic E-state index is -1.15. The van der Waals surface area contributed by atoms with E-state index >= 15 is 0 Å². The number of ketones is 1. The number of carbonyl (C=O) groups excluding carboxylic acids is 2. The first-order valence-electron chi connectivity index (χ1n) is 13.2. The van der Waals surface area contributed by atoms with Crippen LogP contribution in [0.2, 0.25) is 5.02 Å². The van der Waals surface area contributed by atoms with Gasteiger partial charge in [0.2, 0.25) is 5.91 Å². The Labute approximate surface area is 217 Å². The molecule has 1 aromatic carbocycles. The van der Waals surface area contributed by atoms with Crippen molar-refractivity contribution in [3.63, 3.8) is 0 Å². The molecular formula is C28H36ClFN4O2. The predicted molar refractivity (Wildman–Crippen MR) is 137 cm³/mol. The zero-order valence-electron chi connectivity index (χ0n) is 21.6. The van der Waals surface area contributed by atoms with Gasteiger partial charge in [0, 0.05) is 55.3 Å². The predicted octanol–water partition coefficient (Wildman–Crippen LogP) is 5.58. The number of alkyl halides is 1. The first-order chi connectivity index (χ1) is 17.0. The molecule has 1 aliphatic heterocycles. The molecule has 8 heteroatoms. The van der Waals surface area contributed by atoms with Gasteiger partial charge in [0.25, 0.3) is 0 Å². The number of aryl methyl sites for hydroxylation is 1. The summed E-state index contributed by atoms with van der Waals surface area (Å²) in [6.45, 7) is 7.72. The van der Waals surface area contributed by atoms with Crippen LogP contribution in [-0.4, -0.2) is 50.1 Å². The van der Waals surface area contributed by atoms with E-state index in [1.807, 2.05) is 25.1 Å². The molecule has 36 heavy (non-hydrogen) atoms. The maximum atomic E-state index is 14.1. The number of hydrogen-bond acceptors (Lipinski definition) is 4. The molecule has 194 valence electrons. The standard InChI is InChI=1S/C28H36ClFN4O2/c1-16-9-21(29)6-5-19(16)12-25(36)23-14-33(17(2)35)15-24(23)27-32-31-26(34(27)22-7-8-22)20-10-18(11-20)13-28(3,4)30/h5-6,9,18,20,22-24H,7-8,10-15H2,1-4H3/t18?,20?,23-,24-/m0/s1. The fourth-order valence-corrected chi connectivity index (χ4v) is 6.41. The van der Waals surface area contributed by atoms with Gasteiger partial charge >= 0.3 is 0 Å².